The second-order valence-electron chi connectivity index (χ2n) is 4.80. The maximum absolute atomic E-state index is 12.7. The largest absolute Gasteiger partial charge is 0.326 e. The second kappa shape index (κ2) is 4.92. The normalized spacial score (nSPS) is 14.3. The van der Waals surface area contributed by atoms with Crippen LogP contribution in [0.25, 0.3) is 0 Å². The molecule has 3 rings (SSSR count). The molecular formula is C15H16N2O2S. The lowest BCUT2D eigenvalue weighted by Crippen LogP contribution is -2.29. The van der Waals surface area contributed by atoms with E-state index in [-0.39, 0.29) is 0 Å². The molecule has 0 unspecified atom stereocenters. The third-order valence-electron chi connectivity index (χ3n) is 3.59. The fourth-order valence-electron chi connectivity index (χ4n) is 2.48. The smallest absolute Gasteiger partial charge is 0.264 e. The summed E-state index contributed by atoms with van der Waals surface area (Å²) in [7, 11) is -3.48. The number of para-hydroxylation sites is 1. The van der Waals surface area contributed by atoms with Gasteiger partial charge in [-0.25, -0.2) is 8.42 Å². The first kappa shape index (κ1) is 13.1. The van der Waals surface area contributed by atoms with E-state index < -0.39 is 10.0 Å². The van der Waals surface area contributed by atoms with Gasteiger partial charge in [0.1, 0.15) is 0 Å². The average Bonchev–Trinajstić information content (AvgIpc) is 2.92. The van der Waals surface area contributed by atoms with Crippen molar-refractivity contribution in [2.24, 2.45) is 5.73 Å². The van der Waals surface area contributed by atoms with Crippen molar-refractivity contribution in [1.82, 2.24) is 0 Å². The van der Waals surface area contributed by atoms with Crippen molar-refractivity contribution in [3.63, 3.8) is 0 Å². The molecule has 0 aliphatic carbocycles. The number of nitrogens with two attached hydrogens (primary N) is 1. The summed E-state index contributed by atoms with van der Waals surface area (Å²) in [6.07, 6.45) is 0.760. The molecule has 0 fully saturated rings. The van der Waals surface area contributed by atoms with E-state index in [1.54, 1.807) is 24.3 Å². The van der Waals surface area contributed by atoms with E-state index in [1.165, 1.54) is 4.31 Å². The van der Waals surface area contributed by atoms with Gasteiger partial charge >= 0.3 is 0 Å². The van der Waals surface area contributed by atoms with Crippen LogP contribution in [0.1, 0.15) is 11.1 Å². The first-order valence-electron chi connectivity index (χ1n) is 6.52. The molecule has 0 atom stereocenters. The lowest BCUT2D eigenvalue weighted by Gasteiger charge is -2.19. The molecule has 5 heteroatoms. The summed E-state index contributed by atoms with van der Waals surface area (Å²) >= 11 is 0. The minimum Gasteiger partial charge on any atom is -0.326 e. The highest BCUT2D eigenvalue weighted by Gasteiger charge is 2.30. The van der Waals surface area contributed by atoms with E-state index in [4.69, 9.17) is 5.73 Å². The molecule has 0 amide bonds. The van der Waals surface area contributed by atoms with Crippen LogP contribution in [-0.4, -0.2) is 15.0 Å². The molecule has 0 bridgehead atoms. The molecule has 20 heavy (non-hydrogen) atoms. The van der Waals surface area contributed by atoms with E-state index in [9.17, 15) is 8.42 Å². The molecule has 1 aliphatic heterocycles. The number of sulfonamides is 1. The fraction of sp³-hybridized carbons (Fsp3) is 0.200. The number of fused-ring (bicyclic) bond motifs is 1. The van der Waals surface area contributed by atoms with Crippen LogP contribution >= 0.6 is 0 Å². The number of hydrogen-bond acceptors (Lipinski definition) is 3. The Bertz CT molecular complexity index is 724. The summed E-state index contributed by atoms with van der Waals surface area (Å²) in [5, 5.41) is 0. The van der Waals surface area contributed by atoms with Crippen molar-refractivity contribution >= 4 is 15.7 Å². The first-order chi connectivity index (χ1) is 9.63. The highest BCUT2D eigenvalue weighted by Crippen LogP contribution is 2.32. The van der Waals surface area contributed by atoms with Crippen molar-refractivity contribution in [3.05, 3.63) is 59.7 Å². The van der Waals surface area contributed by atoms with E-state index in [0.717, 1.165) is 23.2 Å². The van der Waals surface area contributed by atoms with Gasteiger partial charge in [0.2, 0.25) is 0 Å². The number of anilines is 1. The monoisotopic (exact) mass is 288 g/mol. The van der Waals surface area contributed by atoms with Crippen LogP contribution in [0.2, 0.25) is 0 Å². The van der Waals surface area contributed by atoms with Crippen molar-refractivity contribution in [1.29, 1.82) is 0 Å². The zero-order valence-corrected chi connectivity index (χ0v) is 11.8. The predicted octanol–water partition coefficient (Wildman–Crippen LogP) is 1.90. The molecule has 1 heterocycles. The standard InChI is InChI=1S/C15H16N2O2S/c16-11-12-5-7-14(8-6-12)20(18,19)17-10-9-13-3-1-2-4-15(13)17/h1-8H,9-11,16H2. The number of rotatable bonds is 3. The second-order valence-corrected chi connectivity index (χ2v) is 6.67. The van der Waals surface area contributed by atoms with Crippen LogP contribution in [0.15, 0.2) is 53.4 Å². The summed E-state index contributed by atoms with van der Waals surface area (Å²) < 4.78 is 26.9. The third-order valence-corrected chi connectivity index (χ3v) is 5.42. The first-order valence-corrected chi connectivity index (χ1v) is 7.96. The highest BCUT2D eigenvalue weighted by atomic mass is 32.2. The molecule has 104 valence electrons. The summed E-state index contributed by atoms with van der Waals surface area (Å²) in [5.41, 5.74) is 8.32. The van der Waals surface area contributed by atoms with Crippen molar-refractivity contribution in [2.45, 2.75) is 17.9 Å². The zero-order valence-electron chi connectivity index (χ0n) is 11.0. The molecule has 0 aromatic heterocycles. The van der Waals surface area contributed by atoms with Crippen LogP contribution in [0.3, 0.4) is 0 Å². The molecule has 1 aliphatic rings. The van der Waals surface area contributed by atoms with Gasteiger partial charge in [0.15, 0.2) is 0 Å². The molecule has 4 nitrogen and oxygen atoms in total. The summed E-state index contributed by atoms with van der Waals surface area (Å²) in [6, 6.07) is 14.4. The van der Waals surface area contributed by atoms with E-state index in [1.807, 2.05) is 24.3 Å². The number of benzene rings is 2. The quantitative estimate of drug-likeness (QED) is 0.938. The Balaban J connectivity index is 2.00. The zero-order chi connectivity index (χ0) is 14.2. The van der Waals surface area contributed by atoms with E-state index in [0.29, 0.717) is 18.0 Å². The Morgan fingerprint density at radius 2 is 1.75 bits per heavy atom. The molecule has 2 aromatic rings. The van der Waals surface area contributed by atoms with Crippen molar-refractivity contribution in [2.75, 3.05) is 10.8 Å². The van der Waals surface area contributed by atoms with Gasteiger partial charge in [-0.3, -0.25) is 4.31 Å². The van der Waals surface area contributed by atoms with Crippen LogP contribution in [-0.2, 0) is 23.0 Å². The average molecular weight is 288 g/mol. The van der Waals surface area contributed by atoms with Crippen molar-refractivity contribution in [3.8, 4) is 0 Å². The molecular weight excluding hydrogens is 272 g/mol. The van der Waals surface area contributed by atoms with Gasteiger partial charge in [0.25, 0.3) is 10.0 Å². The molecule has 0 saturated carbocycles. The van der Waals surface area contributed by atoms with Gasteiger partial charge in [0.05, 0.1) is 10.6 Å². The van der Waals surface area contributed by atoms with E-state index in [2.05, 4.69) is 0 Å². The Kier molecular flexibility index (Phi) is 3.23. The summed E-state index contributed by atoms with van der Waals surface area (Å²) in [6.45, 7) is 0.910. The van der Waals surface area contributed by atoms with Crippen LogP contribution in [0.4, 0.5) is 5.69 Å². The van der Waals surface area contributed by atoms with Crippen LogP contribution < -0.4 is 10.0 Å². The SMILES string of the molecule is NCc1ccc(S(=O)(=O)N2CCc3ccccc32)cc1. The molecule has 0 radical (unpaired) electrons. The van der Waals surface area contributed by atoms with Gasteiger partial charge in [0, 0.05) is 13.1 Å². The number of hydrogen-bond donors (Lipinski definition) is 1. The van der Waals surface area contributed by atoms with Gasteiger partial charge < -0.3 is 5.73 Å². The molecule has 2 aromatic carbocycles. The minimum absolute atomic E-state index is 0.311. The van der Waals surface area contributed by atoms with Gasteiger partial charge in [-0.15, -0.1) is 0 Å². The number of nitrogens with zero attached hydrogens (tertiary/aromatic N) is 1. The Labute approximate surface area is 118 Å². The Hall–Kier alpha value is -1.85. The van der Waals surface area contributed by atoms with Gasteiger partial charge in [-0.1, -0.05) is 30.3 Å². The maximum atomic E-state index is 12.7. The Morgan fingerprint density at radius 1 is 1.05 bits per heavy atom. The van der Waals surface area contributed by atoms with E-state index >= 15 is 0 Å². The van der Waals surface area contributed by atoms with Crippen LogP contribution in [0, 0.1) is 0 Å². The lowest BCUT2D eigenvalue weighted by molar-refractivity contribution is 0.592. The van der Waals surface area contributed by atoms with Gasteiger partial charge in [-0.05, 0) is 35.7 Å². The van der Waals surface area contributed by atoms with Crippen molar-refractivity contribution < 1.29 is 8.42 Å². The molecule has 2 N–H and O–H groups in total. The maximum Gasteiger partial charge on any atom is 0.264 e. The topological polar surface area (TPSA) is 63.4 Å². The van der Waals surface area contributed by atoms with Gasteiger partial charge in [-0.2, -0.15) is 0 Å². The Morgan fingerprint density at radius 3 is 2.45 bits per heavy atom. The summed E-state index contributed by atoms with van der Waals surface area (Å²) in [5.74, 6) is 0. The lowest BCUT2D eigenvalue weighted by atomic mass is 10.2. The summed E-state index contributed by atoms with van der Waals surface area (Å²) in [4.78, 5) is 0.311. The molecule has 0 spiro atoms. The fourth-order valence-corrected chi connectivity index (χ4v) is 3.99. The minimum atomic E-state index is -3.48. The highest BCUT2D eigenvalue weighted by molar-refractivity contribution is 7.92. The van der Waals surface area contributed by atoms with Crippen LogP contribution in [0.5, 0.6) is 0 Å². The molecule has 0 saturated heterocycles. The third kappa shape index (κ3) is 2.09. The predicted molar refractivity (Wildman–Crippen MR) is 79.0 cm³/mol.